The summed E-state index contributed by atoms with van der Waals surface area (Å²) in [6.07, 6.45) is 0. The molecule has 0 spiro atoms. The maximum absolute atomic E-state index is 12.3. The summed E-state index contributed by atoms with van der Waals surface area (Å²) in [5, 5.41) is 9.55. The Balaban J connectivity index is 2.30. The molecule has 0 fully saturated rings. The molecular weight excluding hydrogens is 268 g/mol. The second-order valence-electron chi connectivity index (χ2n) is 4.81. The van der Waals surface area contributed by atoms with Gasteiger partial charge in [-0.05, 0) is 37.6 Å². The van der Waals surface area contributed by atoms with Gasteiger partial charge >= 0.3 is 0 Å². The van der Waals surface area contributed by atoms with E-state index in [2.05, 4.69) is 15.7 Å². The number of aryl methyl sites for hydroxylation is 2. The first-order valence-electron chi connectivity index (χ1n) is 6.57. The minimum absolute atomic E-state index is 0.181. The van der Waals surface area contributed by atoms with Crippen molar-refractivity contribution in [2.45, 2.75) is 13.8 Å². The lowest BCUT2D eigenvalue weighted by Crippen LogP contribution is -2.21. The number of benzene rings is 1. The normalized spacial score (nSPS) is 10.3. The minimum atomic E-state index is -0.254. The molecule has 2 rings (SSSR count). The molecule has 0 radical (unpaired) electrons. The fourth-order valence-electron chi connectivity index (χ4n) is 2.16. The van der Waals surface area contributed by atoms with E-state index in [1.807, 2.05) is 6.92 Å². The molecule has 0 unspecified atom stereocenters. The van der Waals surface area contributed by atoms with Crippen molar-refractivity contribution in [3.05, 3.63) is 46.8 Å². The Labute approximate surface area is 123 Å². The number of nitrogens with one attached hydrogen (secondary N) is 2. The number of hydrogen-bond donors (Lipinski definition) is 2. The van der Waals surface area contributed by atoms with Gasteiger partial charge in [0.2, 0.25) is 0 Å². The molecule has 0 saturated carbocycles. The third-order valence-electron chi connectivity index (χ3n) is 3.29. The van der Waals surface area contributed by atoms with Gasteiger partial charge in [-0.2, -0.15) is 5.10 Å². The Morgan fingerprint density at radius 3 is 2.48 bits per heavy atom. The lowest BCUT2D eigenvalue weighted by Gasteiger charge is -2.11. The van der Waals surface area contributed by atoms with Gasteiger partial charge in [0.05, 0.1) is 5.69 Å². The van der Waals surface area contributed by atoms with Gasteiger partial charge in [0.1, 0.15) is 5.69 Å². The molecule has 2 amide bonds. The quantitative estimate of drug-likeness (QED) is 0.900. The van der Waals surface area contributed by atoms with Crippen molar-refractivity contribution in [3.8, 4) is 0 Å². The Hall–Kier alpha value is -2.63. The van der Waals surface area contributed by atoms with E-state index in [0.717, 1.165) is 11.3 Å². The van der Waals surface area contributed by atoms with Crippen LogP contribution in [0.4, 0.5) is 5.69 Å². The van der Waals surface area contributed by atoms with Crippen molar-refractivity contribution in [2.75, 3.05) is 12.4 Å². The van der Waals surface area contributed by atoms with E-state index in [-0.39, 0.29) is 11.8 Å². The zero-order valence-corrected chi connectivity index (χ0v) is 12.5. The Kier molecular flexibility index (Phi) is 4.07. The first-order valence-corrected chi connectivity index (χ1v) is 6.57. The molecular formula is C15H18N4O2. The van der Waals surface area contributed by atoms with Gasteiger partial charge in [0.15, 0.2) is 0 Å². The number of carbonyl (C=O) groups excluding carboxylic acids is 2. The van der Waals surface area contributed by atoms with E-state index in [1.165, 1.54) is 4.68 Å². The molecule has 110 valence electrons. The first kappa shape index (κ1) is 14.8. The molecule has 6 heteroatoms. The summed E-state index contributed by atoms with van der Waals surface area (Å²) < 4.78 is 1.53. The van der Waals surface area contributed by atoms with Gasteiger partial charge < -0.3 is 10.6 Å². The summed E-state index contributed by atoms with van der Waals surface area (Å²) in [6.45, 7) is 3.63. The second kappa shape index (κ2) is 5.78. The Morgan fingerprint density at radius 2 is 1.90 bits per heavy atom. The van der Waals surface area contributed by atoms with Crippen LogP contribution in [0.1, 0.15) is 32.1 Å². The Morgan fingerprint density at radius 1 is 1.19 bits per heavy atom. The molecule has 1 aromatic carbocycles. The van der Waals surface area contributed by atoms with Gasteiger partial charge in [-0.15, -0.1) is 0 Å². The van der Waals surface area contributed by atoms with Crippen molar-refractivity contribution in [3.63, 3.8) is 0 Å². The summed E-state index contributed by atoms with van der Waals surface area (Å²) >= 11 is 0. The molecule has 0 aliphatic heterocycles. The predicted molar refractivity (Wildman–Crippen MR) is 80.5 cm³/mol. The van der Waals surface area contributed by atoms with E-state index < -0.39 is 0 Å². The van der Waals surface area contributed by atoms with Crippen LogP contribution in [0.15, 0.2) is 24.3 Å². The molecule has 0 atom stereocenters. The van der Waals surface area contributed by atoms with Crippen LogP contribution in [-0.2, 0) is 7.05 Å². The number of anilines is 1. The third-order valence-corrected chi connectivity index (χ3v) is 3.29. The maximum atomic E-state index is 12.3. The second-order valence-corrected chi connectivity index (χ2v) is 4.81. The van der Waals surface area contributed by atoms with Gasteiger partial charge in [0, 0.05) is 25.3 Å². The lowest BCUT2D eigenvalue weighted by molar-refractivity contribution is 0.0960. The standard InChI is InChI=1S/C15H18N4O2/c1-9-8-13(19(4)18-9)15(21)17-12-7-5-6-11(10(12)2)14(20)16-3/h5-8H,1-4H3,(H,16,20)(H,17,21). The van der Waals surface area contributed by atoms with Crippen molar-refractivity contribution in [2.24, 2.45) is 7.05 Å². The van der Waals surface area contributed by atoms with E-state index >= 15 is 0 Å². The fourth-order valence-corrected chi connectivity index (χ4v) is 2.16. The number of carbonyl (C=O) groups is 2. The number of amides is 2. The molecule has 0 aliphatic carbocycles. The number of aromatic nitrogens is 2. The Bertz CT molecular complexity index is 704. The summed E-state index contributed by atoms with van der Waals surface area (Å²) in [5.41, 5.74) is 3.12. The molecule has 2 aromatic rings. The zero-order valence-electron chi connectivity index (χ0n) is 12.5. The van der Waals surface area contributed by atoms with Crippen LogP contribution >= 0.6 is 0 Å². The number of hydrogen-bond acceptors (Lipinski definition) is 3. The van der Waals surface area contributed by atoms with Gasteiger partial charge in [-0.25, -0.2) is 0 Å². The molecule has 0 saturated heterocycles. The van der Waals surface area contributed by atoms with E-state index in [0.29, 0.717) is 16.9 Å². The monoisotopic (exact) mass is 286 g/mol. The molecule has 0 aliphatic rings. The average Bonchev–Trinajstić information content (AvgIpc) is 2.79. The van der Waals surface area contributed by atoms with E-state index in [9.17, 15) is 9.59 Å². The lowest BCUT2D eigenvalue weighted by atomic mass is 10.1. The van der Waals surface area contributed by atoms with Gasteiger partial charge in [-0.3, -0.25) is 14.3 Å². The topological polar surface area (TPSA) is 76.0 Å². The van der Waals surface area contributed by atoms with E-state index in [1.54, 1.807) is 45.3 Å². The predicted octanol–water partition coefficient (Wildman–Crippen LogP) is 1.65. The molecule has 0 bridgehead atoms. The average molecular weight is 286 g/mol. The highest BCUT2D eigenvalue weighted by Crippen LogP contribution is 2.19. The largest absolute Gasteiger partial charge is 0.355 e. The molecule has 2 N–H and O–H groups in total. The molecule has 6 nitrogen and oxygen atoms in total. The van der Waals surface area contributed by atoms with Crippen LogP contribution in [0, 0.1) is 13.8 Å². The summed E-state index contributed by atoms with van der Waals surface area (Å²) in [4.78, 5) is 24.0. The van der Waals surface area contributed by atoms with Crippen molar-refractivity contribution >= 4 is 17.5 Å². The van der Waals surface area contributed by atoms with Crippen LogP contribution in [0.25, 0.3) is 0 Å². The van der Waals surface area contributed by atoms with Crippen LogP contribution < -0.4 is 10.6 Å². The van der Waals surface area contributed by atoms with Crippen molar-refractivity contribution in [1.29, 1.82) is 0 Å². The van der Waals surface area contributed by atoms with E-state index in [4.69, 9.17) is 0 Å². The molecule has 21 heavy (non-hydrogen) atoms. The maximum Gasteiger partial charge on any atom is 0.273 e. The van der Waals surface area contributed by atoms with Crippen molar-refractivity contribution < 1.29 is 9.59 Å². The number of rotatable bonds is 3. The van der Waals surface area contributed by atoms with Gasteiger partial charge in [0.25, 0.3) is 11.8 Å². The minimum Gasteiger partial charge on any atom is -0.355 e. The smallest absolute Gasteiger partial charge is 0.273 e. The molecule has 1 aromatic heterocycles. The highest BCUT2D eigenvalue weighted by Gasteiger charge is 2.15. The number of nitrogens with zero attached hydrogens (tertiary/aromatic N) is 2. The highest BCUT2D eigenvalue weighted by atomic mass is 16.2. The van der Waals surface area contributed by atoms with Crippen LogP contribution in [0.3, 0.4) is 0 Å². The van der Waals surface area contributed by atoms with Gasteiger partial charge in [-0.1, -0.05) is 6.07 Å². The van der Waals surface area contributed by atoms with Crippen molar-refractivity contribution in [1.82, 2.24) is 15.1 Å². The summed E-state index contributed by atoms with van der Waals surface area (Å²) in [7, 11) is 3.29. The zero-order chi connectivity index (χ0) is 15.6. The first-order chi connectivity index (χ1) is 9.93. The third kappa shape index (κ3) is 2.94. The fraction of sp³-hybridized carbons (Fsp3) is 0.267. The van der Waals surface area contributed by atoms with Crippen LogP contribution in [-0.4, -0.2) is 28.6 Å². The van der Waals surface area contributed by atoms with Crippen LogP contribution in [0.5, 0.6) is 0 Å². The molecule has 1 heterocycles. The summed E-state index contributed by atoms with van der Waals surface area (Å²) in [6, 6.07) is 6.94. The highest BCUT2D eigenvalue weighted by molar-refractivity contribution is 6.05. The SMILES string of the molecule is CNC(=O)c1cccc(NC(=O)c2cc(C)nn2C)c1C. The summed E-state index contributed by atoms with van der Waals surface area (Å²) in [5.74, 6) is -0.435. The van der Waals surface area contributed by atoms with Crippen LogP contribution in [0.2, 0.25) is 0 Å².